The number of H-pyrrole nitrogens is 1. The van der Waals surface area contributed by atoms with Gasteiger partial charge in [0.2, 0.25) is 0 Å². The topological polar surface area (TPSA) is 132 Å². The zero-order valence-electron chi connectivity index (χ0n) is 15.8. The minimum atomic E-state index is -1.09. The zero-order valence-corrected chi connectivity index (χ0v) is 15.8. The van der Waals surface area contributed by atoms with E-state index in [1.165, 1.54) is 25.8 Å². The summed E-state index contributed by atoms with van der Waals surface area (Å²) in [5.74, 6) is -0.255. The van der Waals surface area contributed by atoms with Crippen LogP contribution in [0.1, 0.15) is 17.3 Å². The molecule has 4 aromatic rings. The van der Waals surface area contributed by atoms with E-state index in [1.54, 1.807) is 42.6 Å². The summed E-state index contributed by atoms with van der Waals surface area (Å²) in [6.07, 6.45) is 4.77. The number of carbonyl (C=O) groups is 2. The van der Waals surface area contributed by atoms with Crippen LogP contribution in [0.5, 0.6) is 11.5 Å². The zero-order chi connectivity index (χ0) is 20.9. The lowest BCUT2D eigenvalue weighted by molar-refractivity contribution is -0.123. The maximum Gasteiger partial charge on any atom is 0.342 e. The molecule has 0 saturated carbocycles. The molecule has 4 rings (SSSR count). The maximum absolute atomic E-state index is 12.7. The third-order valence-electron chi connectivity index (χ3n) is 4.09. The van der Waals surface area contributed by atoms with Crippen LogP contribution in [0, 0.1) is 0 Å². The number of pyridine rings is 1. The van der Waals surface area contributed by atoms with Gasteiger partial charge in [-0.05, 0) is 31.2 Å². The Morgan fingerprint density at radius 3 is 2.80 bits per heavy atom. The number of imidazole rings is 1. The second-order valence-electron chi connectivity index (χ2n) is 6.15. The van der Waals surface area contributed by atoms with Crippen LogP contribution < -0.4 is 10.1 Å². The molecule has 3 aromatic heterocycles. The fraction of sp³-hybridized carbons (Fsp3) is 0.100. The van der Waals surface area contributed by atoms with Gasteiger partial charge in [-0.25, -0.2) is 19.7 Å². The van der Waals surface area contributed by atoms with Crippen LogP contribution in [-0.2, 0) is 9.53 Å². The first-order valence-corrected chi connectivity index (χ1v) is 8.94. The molecule has 0 aliphatic heterocycles. The van der Waals surface area contributed by atoms with E-state index in [0.717, 1.165) is 0 Å². The number of nitrogens with zero attached hydrogens (tertiary/aromatic N) is 4. The minimum absolute atomic E-state index is 0.180. The first-order valence-electron chi connectivity index (χ1n) is 8.94. The van der Waals surface area contributed by atoms with E-state index in [-0.39, 0.29) is 17.1 Å². The first-order chi connectivity index (χ1) is 14.6. The largest absolute Gasteiger partial charge is 0.455 e. The highest BCUT2D eigenvalue weighted by atomic mass is 16.5. The van der Waals surface area contributed by atoms with Crippen molar-refractivity contribution >= 4 is 28.9 Å². The fourth-order valence-corrected chi connectivity index (χ4v) is 2.61. The summed E-state index contributed by atoms with van der Waals surface area (Å²) in [5.41, 5.74) is 1.06. The number of benzene rings is 1. The van der Waals surface area contributed by atoms with Crippen LogP contribution >= 0.6 is 0 Å². The Hall–Kier alpha value is -4.34. The molecule has 0 spiro atoms. The van der Waals surface area contributed by atoms with Crippen molar-refractivity contribution in [2.75, 3.05) is 5.32 Å². The molecule has 0 aliphatic rings. The lowest BCUT2D eigenvalue weighted by Crippen LogP contribution is -2.30. The molecule has 3 heterocycles. The molecule has 0 fully saturated rings. The van der Waals surface area contributed by atoms with Crippen molar-refractivity contribution in [2.24, 2.45) is 0 Å². The van der Waals surface area contributed by atoms with Gasteiger partial charge >= 0.3 is 5.97 Å². The maximum atomic E-state index is 12.7. The van der Waals surface area contributed by atoms with Gasteiger partial charge in [0, 0.05) is 6.20 Å². The summed E-state index contributed by atoms with van der Waals surface area (Å²) in [6, 6.07) is 10.0. The smallest absolute Gasteiger partial charge is 0.342 e. The highest BCUT2D eigenvalue weighted by Crippen LogP contribution is 2.25. The molecule has 2 N–H and O–H groups in total. The normalized spacial score (nSPS) is 11.6. The predicted octanol–water partition coefficient (Wildman–Crippen LogP) is 2.72. The van der Waals surface area contributed by atoms with Gasteiger partial charge in [-0.2, -0.15) is 0 Å². The number of ether oxygens (including phenoxy) is 2. The number of aromatic amines is 1. The number of rotatable bonds is 6. The van der Waals surface area contributed by atoms with Gasteiger partial charge in [-0.15, -0.1) is 0 Å². The second-order valence-corrected chi connectivity index (χ2v) is 6.15. The number of carbonyl (C=O) groups excluding carboxylic acids is 2. The SMILES string of the molecule is CC(OC(=O)c1ccccc1Oc1cccnc1)C(=O)Nc1ncnc2nc[nH]c12. The summed E-state index contributed by atoms with van der Waals surface area (Å²) < 4.78 is 11.0. The molecule has 0 radical (unpaired) electrons. The number of hydrogen-bond donors (Lipinski definition) is 2. The quantitative estimate of drug-likeness (QED) is 0.469. The van der Waals surface area contributed by atoms with Crippen molar-refractivity contribution in [3.8, 4) is 11.5 Å². The van der Waals surface area contributed by atoms with E-state index in [0.29, 0.717) is 16.9 Å². The van der Waals surface area contributed by atoms with E-state index < -0.39 is 18.0 Å². The summed E-state index contributed by atoms with van der Waals surface area (Å²) in [5, 5.41) is 2.60. The number of anilines is 1. The molecule has 1 amide bonds. The molecule has 0 bridgehead atoms. The Kier molecular flexibility index (Phi) is 5.29. The molecular formula is C20H16N6O4. The third kappa shape index (κ3) is 4.07. The highest BCUT2D eigenvalue weighted by molar-refractivity contribution is 6.01. The number of aromatic nitrogens is 5. The molecule has 30 heavy (non-hydrogen) atoms. The van der Waals surface area contributed by atoms with Gasteiger partial charge < -0.3 is 19.8 Å². The van der Waals surface area contributed by atoms with E-state index in [9.17, 15) is 9.59 Å². The monoisotopic (exact) mass is 404 g/mol. The van der Waals surface area contributed by atoms with Gasteiger partial charge in [0.05, 0.1) is 12.5 Å². The van der Waals surface area contributed by atoms with Gasteiger partial charge in [0.25, 0.3) is 5.91 Å². The molecule has 1 aromatic carbocycles. The number of fused-ring (bicyclic) bond motifs is 1. The average molecular weight is 404 g/mol. The van der Waals surface area contributed by atoms with E-state index in [2.05, 4.69) is 30.2 Å². The molecule has 10 nitrogen and oxygen atoms in total. The van der Waals surface area contributed by atoms with Gasteiger partial charge in [-0.1, -0.05) is 12.1 Å². The van der Waals surface area contributed by atoms with Crippen LogP contribution in [-0.4, -0.2) is 42.9 Å². The predicted molar refractivity (Wildman–Crippen MR) is 106 cm³/mol. The van der Waals surface area contributed by atoms with Gasteiger partial charge in [0.1, 0.15) is 28.9 Å². The van der Waals surface area contributed by atoms with Gasteiger partial charge in [-0.3, -0.25) is 9.78 Å². The summed E-state index contributed by atoms with van der Waals surface area (Å²) in [6.45, 7) is 1.46. The minimum Gasteiger partial charge on any atom is -0.455 e. The molecule has 10 heteroatoms. The Morgan fingerprint density at radius 2 is 1.97 bits per heavy atom. The first kappa shape index (κ1) is 19.0. The molecule has 0 aliphatic carbocycles. The van der Waals surface area contributed by atoms with Crippen molar-refractivity contribution in [1.29, 1.82) is 0 Å². The van der Waals surface area contributed by atoms with Crippen molar-refractivity contribution in [1.82, 2.24) is 24.9 Å². The molecular weight excluding hydrogens is 388 g/mol. The number of nitrogens with one attached hydrogen (secondary N) is 2. The number of amides is 1. The summed E-state index contributed by atoms with van der Waals surface area (Å²) in [4.78, 5) is 44.0. The molecule has 150 valence electrons. The van der Waals surface area contributed by atoms with Crippen LogP contribution in [0.4, 0.5) is 5.82 Å². The molecule has 1 atom stereocenters. The lowest BCUT2D eigenvalue weighted by Gasteiger charge is -2.15. The average Bonchev–Trinajstić information content (AvgIpc) is 3.25. The van der Waals surface area contributed by atoms with Crippen LogP contribution in [0.2, 0.25) is 0 Å². The van der Waals surface area contributed by atoms with Crippen LogP contribution in [0.3, 0.4) is 0 Å². The van der Waals surface area contributed by atoms with E-state index >= 15 is 0 Å². The van der Waals surface area contributed by atoms with Gasteiger partial charge in [0.15, 0.2) is 17.6 Å². The number of hydrogen-bond acceptors (Lipinski definition) is 8. The van der Waals surface area contributed by atoms with Crippen molar-refractivity contribution in [3.05, 3.63) is 67.0 Å². The van der Waals surface area contributed by atoms with E-state index in [4.69, 9.17) is 9.47 Å². The second kappa shape index (κ2) is 8.35. The Labute approximate surface area is 170 Å². The Bertz CT molecular complexity index is 1190. The molecule has 1 unspecified atom stereocenters. The lowest BCUT2D eigenvalue weighted by atomic mass is 10.2. The standard InChI is InChI=1S/C20H16N6O4/c1-12(19(27)26-18-16-17(23-10-22-16)24-11-25-18)29-20(28)14-6-2-3-7-15(14)30-13-5-4-8-21-9-13/h2-12H,1H3,(H2,22,23,24,25,26,27). The Balaban J connectivity index is 1.46. The van der Waals surface area contributed by atoms with Crippen LogP contribution in [0.15, 0.2) is 61.4 Å². The molecule has 0 saturated heterocycles. The highest BCUT2D eigenvalue weighted by Gasteiger charge is 2.23. The summed E-state index contributed by atoms with van der Waals surface area (Å²) in [7, 11) is 0. The third-order valence-corrected chi connectivity index (χ3v) is 4.09. The van der Waals surface area contributed by atoms with Crippen molar-refractivity contribution < 1.29 is 19.1 Å². The number of para-hydroxylation sites is 1. The van der Waals surface area contributed by atoms with Crippen molar-refractivity contribution in [2.45, 2.75) is 13.0 Å². The summed E-state index contributed by atoms with van der Waals surface area (Å²) >= 11 is 0. The van der Waals surface area contributed by atoms with E-state index in [1.807, 2.05) is 0 Å². The fourth-order valence-electron chi connectivity index (χ4n) is 2.61. The van der Waals surface area contributed by atoms with Crippen LogP contribution in [0.25, 0.3) is 11.2 Å². The Morgan fingerprint density at radius 1 is 1.10 bits per heavy atom. The van der Waals surface area contributed by atoms with Crippen molar-refractivity contribution in [3.63, 3.8) is 0 Å². The number of esters is 1.